The summed E-state index contributed by atoms with van der Waals surface area (Å²) in [6.07, 6.45) is 2.40. The molecule has 0 aliphatic heterocycles. The Morgan fingerprint density at radius 1 is 1.47 bits per heavy atom. The zero-order chi connectivity index (χ0) is 10.8. The highest BCUT2D eigenvalue weighted by atomic mass is 16.5. The fourth-order valence-electron chi connectivity index (χ4n) is 1.76. The third-order valence-electron chi connectivity index (χ3n) is 2.53. The largest absolute Gasteiger partial charge is 0.496 e. The van der Waals surface area contributed by atoms with Gasteiger partial charge in [-0.25, -0.2) is 0 Å². The van der Waals surface area contributed by atoms with E-state index in [1.165, 1.54) is 0 Å². The van der Waals surface area contributed by atoms with Crippen LogP contribution in [0.5, 0.6) is 5.75 Å². The maximum atomic E-state index is 8.68. The van der Waals surface area contributed by atoms with E-state index >= 15 is 0 Å². The average molecular weight is 200 g/mol. The van der Waals surface area contributed by atoms with Gasteiger partial charge in [-0.3, -0.25) is 0 Å². The third-order valence-corrected chi connectivity index (χ3v) is 2.53. The molecule has 0 aliphatic carbocycles. The molecular weight excluding hydrogens is 188 g/mol. The van der Waals surface area contributed by atoms with E-state index in [0.717, 1.165) is 22.2 Å². The quantitative estimate of drug-likeness (QED) is 0.745. The Morgan fingerprint density at radius 3 is 2.93 bits per heavy atom. The Hall–Kier alpha value is -1.95. The van der Waals surface area contributed by atoms with Crippen molar-refractivity contribution in [2.45, 2.75) is 6.42 Å². The first kappa shape index (κ1) is 9.60. The Kier molecular flexibility index (Phi) is 2.34. The fraction of sp³-hybridized carbons (Fsp3) is 0.250. The van der Waals surface area contributed by atoms with Crippen molar-refractivity contribution in [2.75, 3.05) is 7.11 Å². The smallest absolute Gasteiger partial charge is 0.128 e. The van der Waals surface area contributed by atoms with Gasteiger partial charge in [0.1, 0.15) is 5.75 Å². The van der Waals surface area contributed by atoms with E-state index in [0.29, 0.717) is 6.42 Å². The first-order valence-corrected chi connectivity index (χ1v) is 4.75. The summed E-state index contributed by atoms with van der Waals surface area (Å²) >= 11 is 0. The van der Waals surface area contributed by atoms with Crippen molar-refractivity contribution in [2.24, 2.45) is 7.05 Å². The summed E-state index contributed by atoms with van der Waals surface area (Å²) in [5.74, 6) is 0.832. The molecule has 76 valence electrons. The maximum absolute atomic E-state index is 8.68. The lowest BCUT2D eigenvalue weighted by Crippen LogP contribution is -1.91. The predicted molar refractivity (Wildman–Crippen MR) is 58.8 cm³/mol. The molecule has 2 rings (SSSR count). The number of methoxy groups -OCH3 is 1. The SMILES string of the molecule is COc1cc(CC#N)cc2c1ccn2C. The molecule has 0 bridgehead atoms. The number of hydrogen-bond donors (Lipinski definition) is 0. The van der Waals surface area contributed by atoms with E-state index in [4.69, 9.17) is 10.00 Å². The lowest BCUT2D eigenvalue weighted by molar-refractivity contribution is 0.419. The number of rotatable bonds is 2. The van der Waals surface area contributed by atoms with Gasteiger partial charge in [0.15, 0.2) is 0 Å². The van der Waals surface area contributed by atoms with Gasteiger partial charge in [-0.05, 0) is 23.8 Å². The number of nitrogens with zero attached hydrogens (tertiary/aromatic N) is 2. The van der Waals surface area contributed by atoms with Crippen molar-refractivity contribution in [1.82, 2.24) is 4.57 Å². The highest BCUT2D eigenvalue weighted by molar-refractivity contribution is 5.87. The highest BCUT2D eigenvalue weighted by Crippen LogP contribution is 2.28. The van der Waals surface area contributed by atoms with E-state index in [9.17, 15) is 0 Å². The monoisotopic (exact) mass is 200 g/mol. The number of nitriles is 1. The summed E-state index contributed by atoms with van der Waals surface area (Å²) < 4.78 is 7.33. The van der Waals surface area contributed by atoms with Crippen LogP contribution in [0.2, 0.25) is 0 Å². The molecule has 3 nitrogen and oxygen atoms in total. The second kappa shape index (κ2) is 3.66. The van der Waals surface area contributed by atoms with E-state index in [2.05, 4.69) is 6.07 Å². The highest BCUT2D eigenvalue weighted by Gasteiger charge is 2.06. The first-order chi connectivity index (χ1) is 7.26. The van der Waals surface area contributed by atoms with Crippen LogP contribution in [-0.2, 0) is 13.5 Å². The number of fused-ring (bicyclic) bond motifs is 1. The number of hydrogen-bond acceptors (Lipinski definition) is 2. The summed E-state index contributed by atoms with van der Waals surface area (Å²) in [4.78, 5) is 0. The van der Waals surface area contributed by atoms with Gasteiger partial charge in [0.25, 0.3) is 0 Å². The molecule has 0 saturated carbocycles. The lowest BCUT2D eigenvalue weighted by Gasteiger charge is -2.05. The van der Waals surface area contributed by atoms with Gasteiger partial charge in [-0.1, -0.05) is 0 Å². The third kappa shape index (κ3) is 1.55. The minimum absolute atomic E-state index is 0.414. The van der Waals surface area contributed by atoms with Gasteiger partial charge in [0, 0.05) is 18.6 Å². The fourth-order valence-corrected chi connectivity index (χ4v) is 1.76. The summed E-state index contributed by atoms with van der Waals surface area (Å²) in [5, 5.41) is 9.76. The Balaban J connectivity index is 2.69. The van der Waals surface area contributed by atoms with Crippen molar-refractivity contribution >= 4 is 10.9 Å². The van der Waals surface area contributed by atoms with Gasteiger partial charge in [0.2, 0.25) is 0 Å². The van der Waals surface area contributed by atoms with Gasteiger partial charge in [-0.15, -0.1) is 0 Å². The minimum atomic E-state index is 0.414. The predicted octanol–water partition coefficient (Wildman–Crippen LogP) is 2.25. The molecule has 2 aromatic rings. The van der Waals surface area contributed by atoms with Crippen LogP contribution in [0.1, 0.15) is 5.56 Å². The van der Waals surface area contributed by atoms with E-state index in [-0.39, 0.29) is 0 Å². The molecular formula is C12H12N2O. The Morgan fingerprint density at radius 2 is 2.27 bits per heavy atom. The van der Waals surface area contributed by atoms with Crippen molar-refractivity contribution in [3.8, 4) is 11.8 Å². The van der Waals surface area contributed by atoms with Gasteiger partial charge >= 0.3 is 0 Å². The van der Waals surface area contributed by atoms with Gasteiger partial charge in [0.05, 0.1) is 25.1 Å². The molecule has 0 spiro atoms. The number of aromatic nitrogens is 1. The molecule has 1 aromatic carbocycles. The topological polar surface area (TPSA) is 37.9 Å². The van der Waals surface area contributed by atoms with Crippen molar-refractivity contribution in [3.05, 3.63) is 30.0 Å². The molecule has 0 N–H and O–H groups in total. The van der Waals surface area contributed by atoms with Crippen molar-refractivity contribution in [1.29, 1.82) is 5.26 Å². The Bertz CT molecular complexity index is 534. The van der Waals surface area contributed by atoms with Crippen LogP contribution >= 0.6 is 0 Å². The van der Waals surface area contributed by atoms with Gasteiger partial charge in [-0.2, -0.15) is 5.26 Å². The molecule has 1 heterocycles. The zero-order valence-corrected chi connectivity index (χ0v) is 8.82. The van der Waals surface area contributed by atoms with Crippen LogP contribution in [0.4, 0.5) is 0 Å². The van der Waals surface area contributed by atoms with Crippen molar-refractivity contribution < 1.29 is 4.74 Å². The summed E-state index contributed by atoms with van der Waals surface area (Å²) in [5.41, 5.74) is 2.09. The van der Waals surface area contributed by atoms with E-state index < -0.39 is 0 Å². The van der Waals surface area contributed by atoms with E-state index in [1.807, 2.05) is 36.0 Å². The maximum Gasteiger partial charge on any atom is 0.128 e. The number of ether oxygens (including phenoxy) is 1. The summed E-state index contributed by atoms with van der Waals surface area (Å²) in [6.45, 7) is 0. The molecule has 0 fully saturated rings. The number of aryl methyl sites for hydroxylation is 1. The van der Waals surface area contributed by atoms with E-state index in [1.54, 1.807) is 7.11 Å². The molecule has 0 atom stereocenters. The zero-order valence-electron chi connectivity index (χ0n) is 8.82. The standard InChI is InChI=1S/C12H12N2O/c1-14-6-4-10-11(14)7-9(3-5-13)8-12(10)15-2/h4,6-8H,3H2,1-2H3. The average Bonchev–Trinajstić information content (AvgIpc) is 2.60. The molecule has 0 aliphatic rings. The van der Waals surface area contributed by atoms with Crippen LogP contribution in [0.15, 0.2) is 24.4 Å². The molecule has 0 radical (unpaired) electrons. The second-order valence-electron chi connectivity index (χ2n) is 3.49. The van der Waals surface area contributed by atoms with Crippen LogP contribution in [-0.4, -0.2) is 11.7 Å². The molecule has 15 heavy (non-hydrogen) atoms. The van der Waals surface area contributed by atoms with Crippen molar-refractivity contribution in [3.63, 3.8) is 0 Å². The van der Waals surface area contributed by atoms with Crippen LogP contribution < -0.4 is 4.74 Å². The molecule has 0 saturated heterocycles. The molecule has 1 aromatic heterocycles. The molecule has 0 unspecified atom stereocenters. The lowest BCUT2D eigenvalue weighted by atomic mass is 10.1. The normalized spacial score (nSPS) is 10.2. The van der Waals surface area contributed by atoms with Crippen LogP contribution in [0.3, 0.4) is 0 Å². The van der Waals surface area contributed by atoms with Gasteiger partial charge < -0.3 is 9.30 Å². The summed E-state index contributed by atoms with van der Waals surface area (Å²) in [7, 11) is 3.63. The molecule has 0 amide bonds. The first-order valence-electron chi connectivity index (χ1n) is 4.75. The summed E-state index contributed by atoms with van der Waals surface area (Å²) in [6, 6.07) is 8.12. The second-order valence-corrected chi connectivity index (χ2v) is 3.49. The Labute approximate surface area is 88.5 Å². The minimum Gasteiger partial charge on any atom is -0.496 e. The number of benzene rings is 1. The van der Waals surface area contributed by atoms with Crippen LogP contribution in [0.25, 0.3) is 10.9 Å². The van der Waals surface area contributed by atoms with Crippen LogP contribution in [0, 0.1) is 11.3 Å². The molecule has 3 heteroatoms.